The Balaban J connectivity index is 1.32. The van der Waals surface area contributed by atoms with Crippen LogP contribution >= 0.6 is 0 Å². The van der Waals surface area contributed by atoms with Gasteiger partial charge in [0.2, 0.25) is 5.91 Å². The summed E-state index contributed by atoms with van der Waals surface area (Å²) in [6.07, 6.45) is -5.05. The monoisotopic (exact) mass is 702 g/mol. The average molecular weight is 703 g/mol. The molecule has 51 heavy (non-hydrogen) atoms. The number of para-hydroxylation sites is 2. The third kappa shape index (κ3) is 9.68. The summed E-state index contributed by atoms with van der Waals surface area (Å²) in [6.45, 7) is 5.84. The van der Waals surface area contributed by atoms with Crippen molar-refractivity contribution in [2.24, 2.45) is 5.92 Å². The highest BCUT2D eigenvalue weighted by Gasteiger charge is 2.35. The number of ether oxygens (including phenoxy) is 1. The van der Waals surface area contributed by atoms with Gasteiger partial charge in [-0.25, -0.2) is 0 Å². The molecular weight excluding hydrogens is 657 g/mol. The van der Waals surface area contributed by atoms with Gasteiger partial charge >= 0.3 is 6.18 Å². The van der Waals surface area contributed by atoms with Crippen LogP contribution in [0.1, 0.15) is 46.5 Å². The van der Waals surface area contributed by atoms with Crippen LogP contribution in [-0.4, -0.2) is 72.7 Å². The van der Waals surface area contributed by atoms with Crippen molar-refractivity contribution in [2.45, 2.75) is 51.7 Å². The van der Waals surface area contributed by atoms with Crippen LogP contribution in [0.3, 0.4) is 0 Å². The van der Waals surface area contributed by atoms with Gasteiger partial charge in [-0.3, -0.25) is 14.5 Å². The zero-order chi connectivity index (χ0) is 36.7. The molecule has 4 aromatic rings. The topological polar surface area (TPSA) is 85.3 Å². The van der Waals surface area contributed by atoms with Crippen LogP contribution in [0.15, 0.2) is 97.1 Å². The number of anilines is 2. The van der Waals surface area contributed by atoms with Gasteiger partial charge in [-0.15, -0.1) is 0 Å². The van der Waals surface area contributed by atoms with Crippen molar-refractivity contribution in [3.63, 3.8) is 0 Å². The minimum atomic E-state index is -4.47. The molecule has 0 fully saturated rings. The third-order valence-corrected chi connectivity index (χ3v) is 9.19. The van der Waals surface area contributed by atoms with Crippen molar-refractivity contribution in [2.75, 3.05) is 44.0 Å². The van der Waals surface area contributed by atoms with E-state index < -0.39 is 29.8 Å². The van der Waals surface area contributed by atoms with E-state index in [4.69, 9.17) is 4.74 Å². The molecule has 0 aliphatic carbocycles. The van der Waals surface area contributed by atoms with E-state index in [0.29, 0.717) is 25.2 Å². The van der Waals surface area contributed by atoms with Crippen LogP contribution in [0.2, 0.25) is 0 Å². The summed E-state index contributed by atoms with van der Waals surface area (Å²) in [5.41, 5.74) is 3.61. The van der Waals surface area contributed by atoms with Crippen LogP contribution in [0, 0.1) is 5.92 Å². The molecule has 8 nitrogen and oxygen atoms in total. The van der Waals surface area contributed by atoms with E-state index in [2.05, 4.69) is 58.6 Å². The minimum Gasteiger partial charge on any atom is -0.486 e. The van der Waals surface area contributed by atoms with E-state index in [1.165, 1.54) is 17.7 Å². The van der Waals surface area contributed by atoms with E-state index in [0.717, 1.165) is 29.9 Å². The summed E-state index contributed by atoms with van der Waals surface area (Å²) in [4.78, 5) is 33.0. The van der Waals surface area contributed by atoms with Crippen molar-refractivity contribution < 1.29 is 32.6 Å². The van der Waals surface area contributed by atoms with Crippen molar-refractivity contribution in [3.8, 4) is 5.75 Å². The Morgan fingerprint density at radius 3 is 2.18 bits per heavy atom. The molecule has 1 aliphatic rings. The number of rotatable bonds is 12. The number of hydrogen-bond donors (Lipinski definition) is 2. The number of alkyl halides is 3. The number of halogens is 3. The molecule has 1 heterocycles. The maximum atomic E-state index is 13.8. The highest BCUT2D eigenvalue weighted by Crippen LogP contribution is 2.35. The first-order valence-corrected chi connectivity index (χ1v) is 17.0. The largest absolute Gasteiger partial charge is 0.486 e. The summed E-state index contributed by atoms with van der Waals surface area (Å²) in [5.74, 6) is -0.732. The molecule has 0 spiro atoms. The first kappa shape index (κ1) is 37.4. The molecular formula is C40H45F3N4O4. The number of nitrogens with one attached hydrogen (secondary N) is 1. The second-order valence-electron chi connectivity index (χ2n) is 13.4. The molecule has 0 saturated carbocycles. The van der Waals surface area contributed by atoms with E-state index in [1.54, 1.807) is 30.0 Å². The lowest BCUT2D eigenvalue weighted by Crippen LogP contribution is -2.49. The number of aliphatic hydroxyl groups is 1. The van der Waals surface area contributed by atoms with Gasteiger partial charge in [-0.1, -0.05) is 67.6 Å². The van der Waals surface area contributed by atoms with Crippen molar-refractivity contribution in [3.05, 3.63) is 125 Å². The van der Waals surface area contributed by atoms with Crippen molar-refractivity contribution in [1.29, 1.82) is 0 Å². The second kappa shape index (κ2) is 16.4. The average Bonchev–Trinajstić information content (AvgIpc) is 3.10. The molecule has 0 saturated heterocycles. The summed E-state index contributed by atoms with van der Waals surface area (Å²) in [7, 11) is 4.07. The van der Waals surface area contributed by atoms with Gasteiger partial charge in [0, 0.05) is 44.8 Å². The van der Waals surface area contributed by atoms with Crippen LogP contribution in [0.5, 0.6) is 5.75 Å². The smallest absolute Gasteiger partial charge is 0.416 e. The molecule has 0 radical (unpaired) electrons. The molecule has 11 heteroatoms. The summed E-state index contributed by atoms with van der Waals surface area (Å²) < 4.78 is 45.7. The fourth-order valence-corrected chi connectivity index (χ4v) is 6.23. The lowest BCUT2D eigenvalue weighted by Gasteiger charge is -2.38. The van der Waals surface area contributed by atoms with Crippen molar-refractivity contribution >= 4 is 23.2 Å². The van der Waals surface area contributed by atoms with E-state index >= 15 is 0 Å². The van der Waals surface area contributed by atoms with Crippen LogP contribution < -0.4 is 15.0 Å². The fraction of sp³-hybridized carbons (Fsp3) is 0.350. The molecule has 0 aromatic heterocycles. The summed E-state index contributed by atoms with van der Waals surface area (Å²) in [5, 5.41) is 12.8. The Morgan fingerprint density at radius 2 is 1.55 bits per heavy atom. The van der Waals surface area contributed by atoms with Gasteiger partial charge in [0.25, 0.3) is 5.91 Å². The fourth-order valence-electron chi connectivity index (χ4n) is 6.23. The highest BCUT2D eigenvalue weighted by molar-refractivity contribution is 6.02. The molecule has 1 aliphatic heterocycles. The first-order valence-electron chi connectivity index (χ1n) is 17.0. The second-order valence-corrected chi connectivity index (χ2v) is 13.4. The third-order valence-electron chi connectivity index (χ3n) is 9.19. The maximum Gasteiger partial charge on any atom is 0.416 e. The van der Waals surface area contributed by atoms with Gasteiger partial charge < -0.3 is 25.0 Å². The highest BCUT2D eigenvalue weighted by atomic mass is 19.4. The standard InChI is InChI=1S/C40H45F3N4O4/c1-27-22-47(28(2)26-48)39(50)34-11-8-12-35(44-37(49)21-29-17-19-32(20-18-29)40(41,42)43)38(34)51-36(27)25-45(3)23-30-13-15-31(16-14-30)24-46(4)33-9-6-5-7-10-33/h5-20,27-28,36,48H,21-26H2,1-4H3,(H,44,49)/t27-,28?,36-/m1/s1. The van der Waals surface area contributed by atoms with Crippen LogP contribution in [-0.2, 0) is 30.5 Å². The lowest BCUT2D eigenvalue weighted by molar-refractivity contribution is -0.137. The molecule has 2 amide bonds. The maximum absolute atomic E-state index is 13.8. The molecule has 4 aromatic carbocycles. The van der Waals surface area contributed by atoms with Gasteiger partial charge in [0.05, 0.1) is 35.9 Å². The number of nitrogens with zero attached hydrogens (tertiary/aromatic N) is 3. The molecule has 0 bridgehead atoms. The number of likely N-dealkylation sites (N-methyl/N-ethyl adjacent to an activating group) is 1. The predicted octanol–water partition coefficient (Wildman–Crippen LogP) is 6.88. The zero-order valence-electron chi connectivity index (χ0n) is 29.4. The number of benzene rings is 4. The predicted molar refractivity (Wildman–Crippen MR) is 193 cm³/mol. The normalized spacial score (nSPS) is 16.9. The Morgan fingerprint density at radius 1 is 0.922 bits per heavy atom. The van der Waals surface area contributed by atoms with Crippen LogP contribution in [0.4, 0.5) is 24.5 Å². The number of fused-ring (bicyclic) bond motifs is 1. The summed E-state index contributed by atoms with van der Waals surface area (Å²) >= 11 is 0. The van der Waals surface area contributed by atoms with Gasteiger partial charge in [-0.05, 0) is 67.1 Å². The number of carbonyl (C=O) groups is 2. The van der Waals surface area contributed by atoms with Gasteiger partial charge in [0.1, 0.15) is 6.10 Å². The molecule has 2 N–H and O–H groups in total. The van der Waals surface area contributed by atoms with Crippen molar-refractivity contribution in [1.82, 2.24) is 9.80 Å². The number of hydrogen-bond acceptors (Lipinski definition) is 6. The molecule has 270 valence electrons. The Hall–Kier alpha value is -4.87. The summed E-state index contributed by atoms with van der Waals surface area (Å²) in [6, 6.07) is 27.6. The quantitative estimate of drug-likeness (QED) is 0.168. The Bertz CT molecular complexity index is 1770. The van der Waals surface area contributed by atoms with E-state index in [9.17, 15) is 27.9 Å². The minimum absolute atomic E-state index is 0.148. The van der Waals surface area contributed by atoms with Gasteiger partial charge in [0.15, 0.2) is 5.75 Å². The first-order chi connectivity index (χ1) is 24.3. The van der Waals surface area contributed by atoms with E-state index in [-0.39, 0.29) is 41.9 Å². The molecule has 3 atom stereocenters. The lowest BCUT2D eigenvalue weighted by atomic mass is 9.98. The Kier molecular flexibility index (Phi) is 12.0. The number of amides is 2. The SMILES string of the molecule is CC(CO)N1C[C@@H](C)[C@@H](CN(C)Cc2ccc(CN(C)c3ccccc3)cc2)Oc2c(NC(=O)Cc3ccc(C(F)(F)F)cc3)cccc2C1=O. The molecule has 1 unspecified atom stereocenters. The van der Waals surface area contributed by atoms with E-state index in [1.807, 2.05) is 32.2 Å². The number of carbonyl (C=O) groups excluding carboxylic acids is 2. The Labute approximate surface area is 297 Å². The number of aliphatic hydroxyl groups excluding tert-OH is 1. The van der Waals surface area contributed by atoms with Crippen LogP contribution in [0.25, 0.3) is 0 Å². The van der Waals surface area contributed by atoms with Gasteiger partial charge in [-0.2, -0.15) is 13.2 Å². The zero-order valence-corrected chi connectivity index (χ0v) is 29.4. The molecule has 5 rings (SSSR count).